The average Bonchev–Trinajstić information content (AvgIpc) is 2.31. The van der Waals surface area contributed by atoms with Crippen molar-refractivity contribution in [1.29, 1.82) is 0 Å². The van der Waals surface area contributed by atoms with Crippen LogP contribution in [0.2, 0.25) is 0 Å². The lowest BCUT2D eigenvalue weighted by atomic mass is 10.4. The summed E-state index contributed by atoms with van der Waals surface area (Å²) >= 11 is 0. The van der Waals surface area contributed by atoms with Gasteiger partial charge in [0, 0.05) is 33.3 Å². The topological polar surface area (TPSA) is 74.2 Å². The van der Waals surface area contributed by atoms with Crippen LogP contribution in [0.15, 0.2) is 12.2 Å². The third-order valence-corrected chi connectivity index (χ3v) is 5.05. The first kappa shape index (κ1) is 16.3. The molecule has 0 aromatic carbocycles. The van der Waals surface area contributed by atoms with Crippen molar-refractivity contribution in [2.24, 2.45) is 0 Å². The van der Waals surface area contributed by atoms with Crippen LogP contribution >= 0.6 is 0 Å². The number of hydrogen-bond acceptors (Lipinski definition) is 6. The molecule has 0 aromatic rings. The molecule has 0 fully saturated rings. The molecular weight excluding hydrogens is 244 g/mol. The number of rotatable bonds is 8. The van der Waals surface area contributed by atoms with Gasteiger partial charge in [-0.15, -0.1) is 0 Å². The third-order valence-electron chi connectivity index (χ3n) is 2.23. The minimum absolute atomic E-state index is 0.0533. The van der Waals surface area contributed by atoms with Gasteiger partial charge >= 0.3 is 14.8 Å². The lowest BCUT2D eigenvalue weighted by Crippen LogP contribution is -2.54. The summed E-state index contributed by atoms with van der Waals surface area (Å²) in [5.74, 6) is -0.489. The van der Waals surface area contributed by atoms with E-state index in [1.54, 1.807) is 6.92 Å². The Morgan fingerprint density at radius 2 is 1.76 bits per heavy atom. The summed E-state index contributed by atoms with van der Waals surface area (Å²) in [7, 11) is 1.14. The summed E-state index contributed by atoms with van der Waals surface area (Å²) in [6.45, 7) is 5.05. The lowest BCUT2D eigenvalue weighted by molar-refractivity contribution is -0.139. The van der Waals surface area contributed by atoms with E-state index in [1.165, 1.54) is 21.3 Å². The molecule has 0 amide bonds. The van der Waals surface area contributed by atoms with E-state index in [9.17, 15) is 9.90 Å². The summed E-state index contributed by atoms with van der Waals surface area (Å²) < 4.78 is 20.1. The molecule has 0 aromatic heterocycles. The van der Waals surface area contributed by atoms with Gasteiger partial charge in [0.25, 0.3) is 0 Å². The van der Waals surface area contributed by atoms with Crippen LogP contribution < -0.4 is 0 Å². The maximum atomic E-state index is 11.1. The molecule has 0 heterocycles. The summed E-state index contributed by atoms with van der Waals surface area (Å²) in [5.41, 5.74) is -0.631. The molecule has 1 unspecified atom stereocenters. The van der Waals surface area contributed by atoms with Crippen LogP contribution in [-0.4, -0.2) is 53.5 Å². The number of carbonyl (C=O) groups excluding carboxylic acids is 1. The first-order valence-electron chi connectivity index (χ1n) is 5.09. The standard InChI is InChI=1S/C10H20O6Si/c1-8(2)10(12)16-7-6-9(11)17(13-3,14-4)15-5/h9,11H,1,6-7H2,2-5H3. The molecule has 7 heteroatoms. The van der Waals surface area contributed by atoms with Crippen molar-refractivity contribution in [3.05, 3.63) is 12.2 Å². The third kappa shape index (κ3) is 4.56. The molecule has 6 nitrogen and oxygen atoms in total. The molecule has 1 N–H and O–H groups in total. The molecule has 0 aliphatic rings. The highest BCUT2D eigenvalue weighted by molar-refractivity contribution is 6.61. The summed E-state index contributed by atoms with van der Waals surface area (Å²) in [4.78, 5) is 11.1. The van der Waals surface area contributed by atoms with Crippen molar-refractivity contribution in [1.82, 2.24) is 0 Å². The predicted molar refractivity (Wildman–Crippen MR) is 63.2 cm³/mol. The molecule has 1 atom stereocenters. The molecule has 0 saturated carbocycles. The van der Waals surface area contributed by atoms with E-state index < -0.39 is 20.5 Å². The maximum absolute atomic E-state index is 11.1. The second-order valence-electron chi connectivity index (χ2n) is 3.44. The van der Waals surface area contributed by atoms with Crippen molar-refractivity contribution in [2.75, 3.05) is 27.9 Å². The Morgan fingerprint density at radius 3 is 2.12 bits per heavy atom. The highest BCUT2D eigenvalue weighted by Crippen LogP contribution is 2.14. The van der Waals surface area contributed by atoms with E-state index >= 15 is 0 Å². The number of carbonyl (C=O) groups is 1. The molecular formula is C10H20O6Si. The smallest absolute Gasteiger partial charge is 0.462 e. The first-order chi connectivity index (χ1) is 7.93. The van der Waals surface area contributed by atoms with E-state index in [4.69, 9.17) is 18.0 Å². The van der Waals surface area contributed by atoms with Gasteiger partial charge in [0.05, 0.1) is 6.61 Å². The second-order valence-corrected chi connectivity index (χ2v) is 6.53. The van der Waals surface area contributed by atoms with Gasteiger partial charge in [-0.3, -0.25) is 0 Å². The Hall–Kier alpha value is -0.733. The van der Waals surface area contributed by atoms with Crippen molar-refractivity contribution in [3.8, 4) is 0 Å². The molecule has 0 saturated heterocycles. The Labute approximate surface area is 102 Å². The Balaban J connectivity index is 4.20. The predicted octanol–water partition coefficient (Wildman–Crippen LogP) is 0.274. The largest absolute Gasteiger partial charge is 0.530 e. The quantitative estimate of drug-likeness (QED) is 0.385. The number of esters is 1. The van der Waals surface area contributed by atoms with Crippen molar-refractivity contribution in [2.45, 2.75) is 19.1 Å². The van der Waals surface area contributed by atoms with E-state index in [0.717, 1.165) is 0 Å². The normalized spacial score (nSPS) is 13.2. The van der Waals surface area contributed by atoms with Crippen LogP contribution in [0.5, 0.6) is 0 Å². The number of aliphatic hydroxyl groups excluding tert-OH is 1. The molecule has 0 radical (unpaired) electrons. The zero-order valence-corrected chi connectivity index (χ0v) is 11.7. The monoisotopic (exact) mass is 264 g/mol. The van der Waals surface area contributed by atoms with Crippen molar-refractivity contribution >= 4 is 14.8 Å². The first-order valence-corrected chi connectivity index (χ1v) is 6.89. The highest BCUT2D eigenvalue weighted by Gasteiger charge is 2.46. The molecule has 0 aliphatic carbocycles. The fourth-order valence-corrected chi connectivity index (χ4v) is 3.01. The van der Waals surface area contributed by atoms with Gasteiger partial charge in [0.1, 0.15) is 5.73 Å². The number of hydrogen-bond donors (Lipinski definition) is 1. The molecule has 0 bridgehead atoms. The van der Waals surface area contributed by atoms with Crippen LogP contribution in [0.3, 0.4) is 0 Å². The Bertz CT molecular complexity index is 255. The Kier molecular flexibility index (Phi) is 7.24. The lowest BCUT2D eigenvalue weighted by Gasteiger charge is -2.28. The fraction of sp³-hybridized carbons (Fsp3) is 0.700. The highest BCUT2D eigenvalue weighted by atomic mass is 28.4. The zero-order chi connectivity index (χ0) is 13.5. The fourth-order valence-electron chi connectivity index (χ4n) is 1.22. The van der Waals surface area contributed by atoms with Gasteiger partial charge < -0.3 is 23.1 Å². The van der Waals surface area contributed by atoms with Crippen LogP contribution in [-0.2, 0) is 22.8 Å². The minimum Gasteiger partial charge on any atom is -0.462 e. The van der Waals surface area contributed by atoms with Crippen LogP contribution in [0.25, 0.3) is 0 Å². The van der Waals surface area contributed by atoms with Crippen molar-refractivity contribution in [3.63, 3.8) is 0 Å². The van der Waals surface area contributed by atoms with E-state index in [0.29, 0.717) is 5.57 Å². The molecule has 0 spiro atoms. The molecule has 17 heavy (non-hydrogen) atoms. The van der Waals surface area contributed by atoms with E-state index in [2.05, 4.69) is 6.58 Å². The molecule has 0 rings (SSSR count). The van der Waals surface area contributed by atoms with Crippen LogP contribution in [0.4, 0.5) is 0 Å². The summed E-state index contributed by atoms with van der Waals surface area (Å²) in [6, 6.07) is 0. The average molecular weight is 264 g/mol. The summed E-state index contributed by atoms with van der Waals surface area (Å²) in [5, 5.41) is 9.88. The van der Waals surface area contributed by atoms with Gasteiger partial charge in [-0.1, -0.05) is 6.58 Å². The number of ether oxygens (including phenoxy) is 1. The zero-order valence-electron chi connectivity index (χ0n) is 10.7. The van der Waals surface area contributed by atoms with Gasteiger partial charge in [0.2, 0.25) is 0 Å². The van der Waals surface area contributed by atoms with Gasteiger partial charge in [-0.05, 0) is 6.92 Å². The summed E-state index contributed by atoms with van der Waals surface area (Å²) in [6.07, 6.45) is 0.181. The van der Waals surface area contributed by atoms with Crippen LogP contribution in [0.1, 0.15) is 13.3 Å². The van der Waals surface area contributed by atoms with Gasteiger partial charge in [0.15, 0.2) is 0 Å². The maximum Gasteiger partial charge on any atom is 0.530 e. The minimum atomic E-state index is -3.08. The van der Waals surface area contributed by atoms with Crippen LogP contribution in [0, 0.1) is 0 Å². The Morgan fingerprint density at radius 1 is 1.29 bits per heavy atom. The van der Waals surface area contributed by atoms with Crippen molar-refractivity contribution < 1.29 is 27.9 Å². The van der Waals surface area contributed by atoms with E-state index in [-0.39, 0.29) is 13.0 Å². The van der Waals surface area contributed by atoms with Gasteiger partial charge in [-0.2, -0.15) is 0 Å². The molecule has 0 aliphatic heterocycles. The van der Waals surface area contributed by atoms with E-state index in [1.807, 2.05) is 0 Å². The molecule has 100 valence electrons. The SMILES string of the molecule is C=C(C)C(=O)OCCC(O)[Si](OC)(OC)OC. The second kappa shape index (κ2) is 7.57. The van der Waals surface area contributed by atoms with Gasteiger partial charge in [-0.25, -0.2) is 4.79 Å². The number of aliphatic hydroxyl groups is 1.